The quantitative estimate of drug-likeness (QED) is 0.851. The number of rotatable bonds is 2. The molecule has 1 aliphatic rings. The van der Waals surface area contributed by atoms with E-state index >= 15 is 0 Å². The van der Waals surface area contributed by atoms with Crippen molar-refractivity contribution in [2.24, 2.45) is 0 Å². The van der Waals surface area contributed by atoms with E-state index in [1.165, 1.54) is 17.8 Å². The van der Waals surface area contributed by atoms with Crippen LogP contribution in [0.4, 0.5) is 4.39 Å². The minimum Gasteiger partial charge on any atom is -0.346 e. The van der Waals surface area contributed by atoms with E-state index in [0.717, 1.165) is 28.5 Å². The van der Waals surface area contributed by atoms with Crippen LogP contribution in [0.15, 0.2) is 24.3 Å². The second kappa shape index (κ2) is 4.82. The number of thioether (sulfide) groups is 1. The summed E-state index contributed by atoms with van der Waals surface area (Å²) in [6, 6.07) is 6.57. The summed E-state index contributed by atoms with van der Waals surface area (Å²) in [6.07, 6.45) is 0.583. The molecule has 0 amide bonds. The van der Waals surface area contributed by atoms with E-state index in [9.17, 15) is 4.39 Å². The normalized spacial score (nSPS) is 13.6. The van der Waals surface area contributed by atoms with Crippen molar-refractivity contribution < 1.29 is 4.39 Å². The maximum absolute atomic E-state index is 13.1. The Bertz CT molecular complexity index is 652. The molecule has 0 radical (unpaired) electrons. The molecule has 0 saturated heterocycles. The summed E-state index contributed by atoms with van der Waals surface area (Å²) in [5.74, 6) is 2.49. The molecule has 1 aliphatic heterocycles. The fourth-order valence-electron chi connectivity index (χ4n) is 2.05. The fourth-order valence-corrected chi connectivity index (χ4v) is 3.51. The van der Waals surface area contributed by atoms with Crippen LogP contribution >= 0.6 is 24.0 Å². The van der Waals surface area contributed by atoms with Gasteiger partial charge in [-0.05, 0) is 17.7 Å². The summed E-state index contributed by atoms with van der Waals surface area (Å²) >= 11 is 7.13. The molecule has 2 nitrogen and oxygen atoms in total. The summed E-state index contributed by atoms with van der Waals surface area (Å²) in [4.78, 5) is 7.71. The van der Waals surface area contributed by atoms with Gasteiger partial charge in [0.15, 0.2) is 0 Å². The van der Waals surface area contributed by atoms with Crippen molar-refractivity contribution in [3.05, 3.63) is 57.4 Å². The van der Waals surface area contributed by atoms with Gasteiger partial charge < -0.3 is 4.98 Å². The first-order chi connectivity index (χ1) is 8.72. The van der Waals surface area contributed by atoms with Crippen molar-refractivity contribution in [3.63, 3.8) is 0 Å². The van der Waals surface area contributed by atoms with E-state index in [1.54, 1.807) is 6.07 Å². The number of H-pyrrole nitrogens is 1. The Morgan fingerprint density at radius 2 is 2.28 bits per heavy atom. The first kappa shape index (κ1) is 11.9. The van der Waals surface area contributed by atoms with Gasteiger partial charge in [0.05, 0.1) is 0 Å². The van der Waals surface area contributed by atoms with E-state index in [0.29, 0.717) is 11.1 Å². The van der Waals surface area contributed by atoms with Gasteiger partial charge in [0.1, 0.15) is 16.3 Å². The number of hydrogen-bond donors (Lipinski definition) is 1. The van der Waals surface area contributed by atoms with Crippen molar-refractivity contribution in [1.29, 1.82) is 0 Å². The highest BCUT2D eigenvalue weighted by Crippen LogP contribution is 2.28. The van der Waals surface area contributed by atoms with Crippen LogP contribution in [-0.4, -0.2) is 9.97 Å². The zero-order valence-corrected chi connectivity index (χ0v) is 11.2. The molecule has 0 fully saturated rings. The van der Waals surface area contributed by atoms with Gasteiger partial charge in [-0.15, -0.1) is 0 Å². The van der Waals surface area contributed by atoms with Crippen molar-refractivity contribution in [1.82, 2.24) is 9.97 Å². The largest absolute Gasteiger partial charge is 0.346 e. The van der Waals surface area contributed by atoms with Gasteiger partial charge >= 0.3 is 0 Å². The average molecular weight is 278 g/mol. The zero-order valence-electron chi connectivity index (χ0n) is 9.57. The maximum atomic E-state index is 13.1. The van der Waals surface area contributed by atoms with Crippen LogP contribution in [0.5, 0.6) is 0 Å². The monoisotopic (exact) mass is 278 g/mol. The molecule has 1 N–H and O–H groups in total. The Kier molecular flexibility index (Phi) is 3.18. The molecule has 0 aliphatic carbocycles. The van der Waals surface area contributed by atoms with E-state index in [2.05, 4.69) is 9.97 Å². The summed E-state index contributed by atoms with van der Waals surface area (Å²) in [7, 11) is 0. The molecule has 1 aromatic carbocycles. The lowest BCUT2D eigenvalue weighted by molar-refractivity contribution is 0.625. The van der Waals surface area contributed by atoms with Gasteiger partial charge in [0.2, 0.25) is 0 Å². The molecule has 1 aromatic heterocycles. The smallest absolute Gasteiger partial charge is 0.134 e. The van der Waals surface area contributed by atoms with Crippen LogP contribution in [0.2, 0.25) is 0 Å². The van der Waals surface area contributed by atoms with Gasteiger partial charge in [-0.1, -0.05) is 24.4 Å². The highest BCUT2D eigenvalue weighted by atomic mass is 32.2. The molecule has 0 bridgehead atoms. The van der Waals surface area contributed by atoms with Crippen LogP contribution in [0.25, 0.3) is 0 Å². The summed E-state index contributed by atoms with van der Waals surface area (Å²) in [5.41, 5.74) is 3.23. The van der Waals surface area contributed by atoms with E-state index in [1.807, 2.05) is 17.8 Å². The summed E-state index contributed by atoms with van der Waals surface area (Å²) in [6.45, 7) is 0. The number of aromatic nitrogens is 2. The Morgan fingerprint density at radius 3 is 3.11 bits per heavy atom. The molecule has 5 heteroatoms. The molecular weight excluding hydrogens is 267 g/mol. The molecule has 0 spiro atoms. The Balaban J connectivity index is 1.94. The van der Waals surface area contributed by atoms with Crippen molar-refractivity contribution >= 4 is 24.0 Å². The Labute approximate surface area is 114 Å². The van der Waals surface area contributed by atoms with E-state index in [4.69, 9.17) is 12.2 Å². The Hall–Kier alpha value is -1.20. The molecule has 0 atom stereocenters. The lowest BCUT2D eigenvalue weighted by Gasteiger charge is -2.05. The molecular formula is C13H11FN2S2. The second-order valence-corrected chi connectivity index (χ2v) is 5.62. The number of hydrogen-bond acceptors (Lipinski definition) is 3. The lowest BCUT2D eigenvalue weighted by atomic mass is 10.1. The number of halogens is 1. The van der Waals surface area contributed by atoms with Gasteiger partial charge in [0.25, 0.3) is 0 Å². The Morgan fingerprint density at radius 1 is 1.39 bits per heavy atom. The van der Waals surface area contributed by atoms with E-state index in [-0.39, 0.29) is 5.82 Å². The van der Waals surface area contributed by atoms with Crippen LogP contribution in [0, 0.1) is 10.5 Å². The topological polar surface area (TPSA) is 28.7 Å². The van der Waals surface area contributed by atoms with Crippen molar-refractivity contribution in [3.8, 4) is 0 Å². The van der Waals surface area contributed by atoms with Crippen molar-refractivity contribution in [2.75, 3.05) is 0 Å². The second-order valence-electron chi connectivity index (χ2n) is 4.25. The molecule has 92 valence electrons. The van der Waals surface area contributed by atoms with E-state index < -0.39 is 0 Å². The van der Waals surface area contributed by atoms with Crippen LogP contribution in [0.1, 0.15) is 22.6 Å². The van der Waals surface area contributed by atoms with Gasteiger partial charge in [-0.25, -0.2) is 9.37 Å². The first-order valence-electron chi connectivity index (χ1n) is 5.65. The minimum atomic E-state index is -0.220. The van der Waals surface area contributed by atoms with Crippen LogP contribution in [-0.2, 0) is 17.9 Å². The maximum Gasteiger partial charge on any atom is 0.134 e. The molecule has 18 heavy (non-hydrogen) atoms. The molecule has 3 rings (SSSR count). The molecule has 2 heterocycles. The predicted molar refractivity (Wildman–Crippen MR) is 73.6 cm³/mol. The van der Waals surface area contributed by atoms with Gasteiger partial charge in [-0.3, -0.25) is 0 Å². The van der Waals surface area contributed by atoms with Crippen LogP contribution < -0.4 is 0 Å². The summed E-state index contributed by atoms with van der Waals surface area (Å²) < 4.78 is 13.8. The molecule has 2 aromatic rings. The third-order valence-electron chi connectivity index (χ3n) is 2.91. The third-order valence-corrected chi connectivity index (χ3v) is 4.23. The highest BCUT2D eigenvalue weighted by Gasteiger charge is 2.15. The SMILES string of the molecule is Fc1cccc(Cc2nc(=S)c3c([nH]2)CSC3)c1. The minimum absolute atomic E-state index is 0.220. The summed E-state index contributed by atoms with van der Waals surface area (Å²) in [5, 5.41) is 0. The number of aromatic amines is 1. The number of nitrogens with zero attached hydrogens (tertiary/aromatic N) is 1. The van der Waals surface area contributed by atoms with Crippen molar-refractivity contribution in [2.45, 2.75) is 17.9 Å². The average Bonchev–Trinajstić information content (AvgIpc) is 2.77. The number of fused-ring (bicyclic) bond motifs is 1. The standard InChI is InChI=1S/C13H11FN2S2/c14-9-3-1-2-8(4-9)5-12-15-11-7-18-6-10(11)13(17)16-12/h1-4H,5-7H2,(H,15,16,17). The molecule has 0 unspecified atom stereocenters. The lowest BCUT2D eigenvalue weighted by Crippen LogP contribution is -2.02. The van der Waals surface area contributed by atoms with Gasteiger partial charge in [-0.2, -0.15) is 11.8 Å². The van der Waals surface area contributed by atoms with Crippen LogP contribution in [0.3, 0.4) is 0 Å². The number of nitrogens with one attached hydrogen (secondary N) is 1. The fraction of sp³-hybridized carbons (Fsp3) is 0.231. The molecule has 0 saturated carbocycles. The zero-order chi connectivity index (χ0) is 12.5. The van der Waals surface area contributed by atoms with Gasteiger partial charge in [0, 0.05) is 29.2 Å². The number of benzene rings is 1. The highest BCUT2D eigenvalue weighted by molar-refractivity contribution is 7.98. The predicted octanol–water partition coefficient (Wildman–Crippen LogP) is 3.62. The third kappa shape index (κ3) is 2.33. The first-order valence-corrected chi connectivity index (χ1v) is 7.22.